The zero-order valence-electron chi connectivity index (χ0n) is 12.3. The van der Waals surface area contributed by atoms with Crippen molar-refractivity contribution in [3.63, 3.8) is 0 Å². The van der Waals surface area contributed by atoms with E-state index in [9.17, 15) is 8.42 Å². The van der Waals surface area contributed by atoms with Gasteiger partial charge in [-0.2, -0.15) is 0 Å². The molecule has 0 fully saturated rings. The number of nitrogens with zero attached hydrogens (tertiary/aromatic N) is 2. The highest BCUT2D eigenvalue weighted by Crippen LogP contribution is 2.32. The first-order valence-electron chi connectivity index (χ1n) is 6.73. The van der Waals surface area contributed by atoms with Gasteiger partial charge in [0.1, 0.15) is 5.52 Å². The standard InChI is InChI=1S/C14H21N3O2S/c1-5-10(9(2)3)17-11-7-6-8-12(20(4,18)19)13(11)16-14(17)15/h6-10H,5H2,1-4H3,(H2,15,16). The van der Waals surface area contributed by atoms with Crippen LogP contribution in [-0.4, -0.2) is 24.2 Å². The largest absolute Gasteiger partial charge is 0.369 e. The molecule has 0 aliphatic rings. The number of nitrogen functional groups attached to an aromatic ring is 1. The first-order chi connectivity index (χ1) is 9.27. The van der Waals surface area contributed by atoms with Crippen molar-refractivity contribution in [3.8, 4) is 0 Å². The molecule has 6 heteroatoms. The molecule has 0 spiro atoms. The number of sulfone groups is 1. The van der Waals surface area contributed by atoms with Crippen LogP contribution in [0.4, 0.5) is 5.95 Å². The van der Waals surface area contributed by atoms with Crippen molar-refractivity contribution < 1.29 is 8.42 Å². The first-order valence-corrected chi connectivity index (χ1v) is 8.63. The molecule has 1 unspecified atom stereocenters. The molecule has 5 nitrogen and oxygen atoms in total. The van der Waals surface area contributed by atoms with Crippen molar-refractivity contribution in [2.24, 2.45) is 5.92 Å². The van der Waals surface area contributed by atoms with Gasteiger partial charge in [-0.25, -0.2) is 13.4 Å². The molecule has 0 aliphatic carbocycles. The van der Waals surface area contributed by atoms with Gasteiger partial charge in [-0.3, -0.25) is 0 Å². The van der Waals surface area contributed by atoms with Gasteiger partial charge in [0.15, 0.2) is 9.84 Å². The summed E-state index contributed by atoms with van der Waals surface area (Å²) in [7, 11) is -3.32. The third-order valence-electron chi connectivity index (χ3n) is 3.63. The third kappa shape index (κ3) is 2.40. The molecule has 0 bridgehead atoms. The summed E-state index contributed by atoms with van der Waals surface area (Å²) >= 11 is 0. The van der Waals surface area contributed by atoms with Crippen LogP contribution in [0.1, 0.15) is 33.2 Å². The molecule has 1 atom stereocenters. The summed E-state index contributed by atoms with van der Waals surface area (Å²) in [5, 5.41) is 0. The molecule has 2 aromatic rings. The van der Waals surface area contributed by atoms with Crippen molar-refractivity contribution >= 4 is 26.8 Å². The van der Waals surface area contributed by atoms with E-state index >= 15 is 0 Å². The van der Waals surface area contributed by atoms with Crippen molar-refractivity contribution in [1.82, 2.24) is 9.55 Å². The Kier molecular flexibility index (Phi) is 3.77. The Bertz CT molecular complexity index is 732. The van der Waals surface area contributed by atoms with E-state index in [0.717, 1.165) is 11.9 Å². The van der Waals surface area contributed by atoms with Gasteiger partial charge >= 0.3 is 0 Å². The number of aromatic nitrogens is 2. The van der Waals surface area contributed by atoms with E-state index < -0.39 is 9.84 Å². The molecule has 0 aliphatic heterocycles. The Balaban J connectivity index is 2.80. The minimum atomic E-state index is -3.32. The Labute approximate surface area is 119 Å². The van der Waals surface area contributed by atoms with E-state index in [-0.39, 0.29) is 10.9 Å². The number of fused-ring (bicyclic) bond motifs is 1. The van der Waals surface area contributed by atoms with Crippen LogP contribution in [0.2, 0.25) is 0 Å². The molecule has 0 saturated carbocycles. The van der Waals surface area contributed by atoms with E-state index in [1.54, 1.807) is 12.1 Å². The summed E-state index contributed by atoms with van der Waals surface area (Å²) < 4.78 is 25.7. The molecule has 110 valence electrons. The normalized spacial score (nSPS) is 14.1. The molecule has 20 heavy (non-hydrogen) atoms. The summed E-state index contributed by atoms with van der Waals surface area (Å²) in [5.74, 6) is 0.762. The molecule has 2 rings (SSSR count). The average molecular weight is 295 g/mol. The number of anilines is 1. The second kappa shape index (κ2) is 5.09. The second-order valence-electron chi connectivity index (χ2n) is 5.46. The lowest BCUT2D eigenvalue weighted by Gasteiger charge is -2.22. The van der Waals surface area contributed by atoms with Crippen LogP contribution in [0.3, 0.4) is 0 Å². The van der Waals surface area contributed by atoms with Crippen LogP contribution >= 0.6 is 0 Å². The van der Waals surface area contributed by atoms with E-state index in [1.165, 1.54) is 6.26 Å². The number of imidazole rings is 1. The highest BCUT2D eigenvalue weighted by Gasteiger charge is 2.22. The predicted molar refractivity (Wildman–Crippen MR) is 81.4 cm³/mol. The summed E-state index contributed by atoms with van der Waals surface area (Å²) in [6, 6.07) is 5.39. The second-order valence-corrected chi connectivity index (χ2v) is 7.44. The van der Waals surface area contributed by atoms with Crippen LogP contribution in [0.15, 0.2) is 23.1 Å². The van der Waals surface area contributed by atoms with Crippen LogP contribution in [-0.2, 0) is 9.84 Å². The van der Waals surface area contributed by atoms with Gasteiger partial charge in [-0.05, 0) is 24.5 Å². The molecule has 0 amide bonds. The van der Waals surface area contributed by atoms with Gasteiger partial charge < -0.3 is 10.3 Å². The lowest BCUT2D eigenvalue weighted by atomic mass is 10.0. The minimum absolute atomic E-state index is 0.204. The number of benzene rings is 1. The topological polar surface area (TPSA) is 78.0 Å². The fraction of sp³-hybridized carbons (Fsp3) is 0.500. The summed E-state index contributed by atoms with van der Waals surface area (Å²) in [6.45, 7) is 6.34. The maximum absolute atomic E-state index is 11.9. The monoisotopic (exact) mass is 295 g/mol. The summed E-state index contributed by atoms with van der Waals surface area (Å²) in [4.78, 5) is 4.53. The van der Waals surface area contributed by atoms with Crippen LogP contribution in [0, 0.1) is 5.92 Å². The Hall–Kier alpha value is -1.56. The van der Waals surface area contributed by atoms with Gasteiger partial charge in [-0.1, -0.05) is 26.8 Å². The highest BCUT2D eigenvalue weighted by atomic mass is 32.2. The number of para-hydroxylation sites is 1. The Morgan fingerprint density at radius 1 is 1.35 bits per heavy atom. The van der Waals surface area contributed by atoms with E-state index in [0.29, 0.717) is 17.4 Å². The smallest absolute Gasteiger partial charge is 0.201 e. The molecular formula is C14H21N3O2S. The lowest BCUT2D eigenvalue weighted by molar-refractivity contribution is 0.377. The lowest BCUT2D eigenvalue weighted by Crippen LogP contribution is -2.16. The van der Waals surface area contributed by atoms with Gasteiger partial charge in [0, 0.05) is 12.3 Å². The molecule has 1 heterocycles. The number of hydrogen-bond acceptors (Lipinski definition) is 4. The maximum Gasteiger partial charge on any atom is 0.201 e. The molecule has 1 aromatic carbocycles. The van der Waals surface area contributed by atoms with Crippen LogP contribution < -0.4 is 5.73 Å². The van der Waals surface area contributed by atoms with E-state index in [2.05, 4.69) is 25.8 Å². The minimum Gasteiger partial charge on any atom is -0.369 e. The zero-order chi connectivity index (χ0) is 15.1. The SMILES string of the molecule is CCC(C(C)C)n1c(N)nc2c(S(C)(=O)=O)cccc21. The number of rotatable bonds is 4. The van der Waals surface area contributed by atoms with E-state index in [4.69, 9.17) is 5.73 Å². The van der Waals surface area contributed by atoms with Crippen molar-refractivity contribution in [1.29, 1.82) is 0 Å². The van der Waals surface area contributed by atoms with Gasteiger partial charge in [0.05, 0.1) is 10.4 Å². The van der Waals surface area contributed by atoms with Crippen LogP contribution in [0.5, 0.6) is 0 Å². The molecular weight excluding hydrogens is 274 g/mol. The molecule has 2 N–H and O–H groups in total. The Morgan fingerprint density at radius 2 is 2.00 bits per heavy atom. The average Bonchev–Trinajstić information content (AvgIpc) is 2.65. The fourth-order valence-corrected chi connectivity index (χ4v) is 3.54. The van der Waals surface area contributed by atoms with Crippen molar-refractivity contribution in [2.75, 3.05) is 12.0 Å². The predicted octanol–water partition coefficient (Wildman–Crippen LogP) is 2.63. The quantitative estimate of drug-likeness (QED) is 0.940. The highest BCUT2D eigenvalue weighted by molar-refractivity contribution is 7.91. The number of hydrogen-bond donors (Lipinski definition) is 1. The summed E-state index contributed by atoms with van der Waals surface area (Å²) in [6.07, 6.45) is 2.10. The Morgan fingerprint density at radius 3 is 2.50 bits per heavy atom. The van der Waals surface area contributed by atoms with E-state index in [1.807, 2.05) is 10.6 Å². The maximum atomic E-state index is 11.9. The zero-order valence-corrected chi connectivity index (χ0v) is 13.1. The first kappa shape index (κ1) is 14.8. The summed E-state index contributed by atoms with van der Waals surface area (Å²) in [5.41, 5.74) is 7.28. The fourth-order valence-electron chi connectivity index (χ4n) is 2.71. The van der Waals surface area contributed by atoms with Gasteiger partial charge in [-0.15, -0.1) is 0 Å². The van der Waals surface area contributed by atoms with Gasteiger partial charge in [0.2, 0.25) is 5.95 Å². The molecule has 0 radical (unpaired) electrons. The third-order valence-corrected chi connectivity index (χ3v) is 4.76. The van der Waals surface area contributed by atoms with Gasteiger partial charge in [0.25, 0.3) is 0 Å². The van der Waals surface area contributed by atoms with Crippen molar-refractivity contribution in [3.05, 3.63) is 18.2 Å². The molecule has 0 saturated heterocycles. The molecule has 1 aromatic heterocycles. The van der Waals surface area contributed by atoms with Crippen LogP contribution in [0.25, 0.3) is 11.0 Å². The van der Waals surface area contributed by atoms with Crippen molar-refractivity contribution in [2.45, 2.75) is 38.1 Å². The number of nitrogens with two attached hydrogens (primary N) is 1.